The second-order valence-corrected chi connectivity index (χ2v) is 7.04. The van der Waals surface area contributed by atoms with Crippen molar-refractivity contribution < 1.29 is 22.3 Å². The zero-order valence-corrected chi connectivity index (χ0v) is 12.4. The minimum absolute atomic E-state index is 0.122. The zero-order valence-electron chi connectivity index (χ0n) is 11.6. The maximum Gasteiger partial charge on any atom is 0.341 e. The fourth-order valence-corrected chi connectivity index (χ4v) is 3.65. The van der Waals surface area contributed by atoms with E-state index in [0.29, 0.717) is 6.54 Å². The third-order valence-corrected chi connectivity index (χ3v) is 5.23. The van der Waals surface area contributed by atoms with Crippen LogP contribution in [-0.2, 0) is 9.84 Å². The standard InChI is InChI=1S/C14H19F2NO3S/c15-14(16)21(19,20)13-8-4-3-7-12(13)17-9-5-1-2-6-11(17)10-18/h3-4,7-8,11,14,18H,1-2,5-6,9-10H2. The molecular weight excluding hydrogens is 300 g/mol. The summed E-state index contributed by atoms with van der Waals surface area (Å²) in [6.07, 6.45) is 3.49. The topological polar surface area (TPSA) is 57.6 Å². The highest BCUT2D eigenvalue weighted by atomic mass is 32.2. The molecule has 118 valence electrons. The van der Waals surface area contributed by atoms with Crippen molar-refractivity contribution in [1.82, 2.24) is 0 Å². The minimum atomic E-state index is -4.66. The van der Waals surface area contributed by atoms with E-state index in [9.17, 15) is 22.3 Å². The fourth-order valence-electron chi connectivity index (χ4n) is 2.72. The van der Waals surface area contributed by atoms with Crippen LogP contribution < -0.4 is 4.90 Å². The van der Waals surface area contributed by atoms with Gasteiger partial charge >= 0.3 is 5.76 Å². The second kappa shape index (κ2) is 6.70. The van der Waals surface area contributed by atoms with Crippen LogP contribution in [0.3, 0.4) is 0 Å². The number of hydrogen-bond donors (Lipinski definition) is 1. The van der Waals surface area contributed by atoms with E-state index in [1.807, 2.05) is 0 Å². The van der Waals surface area contributed by atoms with E-state index >= 15 is 0 Å². The minimum Gasteiger partial charge on any atom is -0.394 e. The molecule has 0 amide bonds. The van der Waals surface area contributed by atoms with Gasteiger partial charge in [0, 0.05) is 6.54 Å². The first-order chi connectivity index (χ1) is 9.98. The summed E-state index contributed by atoms with van der Waals surface area (Å²) in [6, 6.07) is 5.56. The number of halogens is 2. The molecular formula is C14H19F2NO3S. The van der Waals surface area contributed by atoms with Crippen LogP contribution in [0.15, 0.2) is 29.2 Å². The Balaban J connectivity index is 2.48. The van der Waals surface area contributed by atoms with Gasteiger partial charge in [-0.15, -0.1) is 0 Å². The molecule has 1 N–H and O–H groups in total. The summed E-state index contributed by atoms with van der Waals surface area (Å²) in [5.74, 6) is -3.45. The summed E-state index contributed by atoms with van der Waals surface area (Å²) in [5, 5.41) is 9.51. The zero-order chi connectivity index (χ0) is 15.5. The molecule has 1 aliphatic rings. The fraction of sp³-hybridized carbons (Fsp3) is 0.571. The number of rotatable bonds is 4. The largest absolute Gasteiger partial charge is 0.394 e. The summed E-state index contributed by atoms with van der Waals surface area (Å²) < 4.78 is 49.4. The van der Waals surface area contributed by atoms with E-state index in [4.69, 9.17) is 0 Å². The van der Waals surface area contributed by atoms with E-state index in [0.717, 1.165) is 25.7 Å². The van der Waals surface area contributed by atoms with E-state index < -0.39 is 15.6 Å². The molecule has 1 aliphatic heterocycles. The molecule has 4 nitrogen and oxygen atoms in total. The molecule has 2 rings (SSSR count). The predicted octanol–water partition coefficient (Wildman–Crippen LogP) is 2.42. The van der Waals surface area contributed by atoms with Crippen LogP contribution in [0.25, 0.3) is 0 Å². The van der Waals surface area contributed by atoms with Crippen molar-refractivity contribution in [2.75, 3.05) is 18.1 Å². The second-order valence-electron chi connectivity index (χ2n) is 5.15. The summed E-state index contributed by atoms with van der Waals surface area (Å²) in [6.45, 7) is 0.435. The molecule has 1 unspecified atom stereocenters. The third kappa shape index (κ3) is 3.35. The van der Waals surface area contributed by atoms with Crippen LogP contribution in [0.4, 0.5) is 14.5 Å². The molecule has 1 aromatic carbocycles. The van der Waals surface area contributed by atoms with Crippen molar-refractivity contribution in [3.63, 3.8) is 0 Å². The first kappa shape index (κ1) is 16.2. The Bertz CT molecular complexity index is 577. The summed E-state index contributed by atoms with van der Waals surface area (Å²) in [4.78, 5) is 1.39. The molecule has 0 saturated carbocycles. The van der Waals surface area contributed by atoms with E-state index in [1.165, 1.54) is 18.2 Å². The van der Waals surface area contributed by atoms with Crippen molar-refractivity contribution in [1.29, 1.82) is 0 Å². The highest BCUT2D eigenvalue weighted by molar-refractivity contribution is 7.91. The average Bonchev–Trinajstić information content (AvgIpc) is 2.72. The average molecular weight is 319 g/mol. The number of alkyl halides is 2. The number of hydrogen-bond acceptors (Lipinski definition) is 4. The highest BCUT2D eigenvalue weighted by Crippen LogP contribution is 2.32. The van der Waals surface area contributed by atoms with Crippen LogP contribution in [-0.4, -0.2) is 38.5 Å². The maximum absolute atomic E-state index is 12.8. The van der Waals surface area contributed by atoms with Crippen LogP contribution in [0, 0.1) is 0 Å². The van der Waals surface area contributed by atoms with E-state index in [-0.39, 0.29) is 23.2 Å². The number of aliphatic hydroxyl groups is 1. The normalized spacial score (nSPS) is 20.6. The van der Waals surface area contributed by atoms with Crippen molar-refractivity contribution >= 4 is 15.5 Å². The van der Waals surface area contributed by atoms with E-state index in [1.54, 1.807) is 11.0 Å². The third-order valence-electron chi connectivity index (χ3n) is 3.80. The van der Waals surface area contributed by atoms with Gasteiger partial charge in [0.15, 0.2) is 0 Å². The van der Waals surface area contributed by atoms with E-state index in [2.05, 4.69) is 0 Å². The van der Waals surface area contributed by atoms with Crippen LogP contribution in [0.1, 0.15) is 25.7 Å². The van der Waals surface area contributed by atoms with Gasteiger partial charge in [-0.2, -0.15) is 8.78 Å². The van der Waals surface area contributed by atoms with Crippen molar-refractivity contribution in [3.8, 4) is 0 Å². The molecule has 1 heterocycles. The monoisotopic (exact) mass is 319 g/mol. The van der Waals surface area contributed by atoms with Crippen LogP contribution >= 0.6 is 0 Å². The number of aliphatic hydroxyl groups excluding tert-OH is 1. The Labute approximate surface area is 123 Å². The quantitative estimate of drug-likeness (QED) is 0.926. The lowest BCUT2D eigenvalue weighted by atomic mass is 10.1. The molecule has 1 fully saturated rings. The number of anilines is 1. The summed E-state index contributed by atoms with van der Waals surface area (Å²) in [5.41, 5.74) is 0.263. The van der Waals surface area contributed by atoms with Gasteiger partial charge in [-0.05, 0) is 25.0 Å². The lowest BCUT2D eigenvalue weighted by molar-refractivity contribution is 0.234. The first-order valence-corrected chi connectivity index (χ1v) is 8.51. The molecule has 7 heteroatoms. The van der Waals surface area contributed by atoms with Gasteiger partial charge in [0.1, 0.15) is 0 Å². The lowest BCUT2D eigenvalue weighted by Gasteiger charge is -2.32. The van der Waals surface area contributed by atoms with Crippen LogP contribution in [0.2, 0.25) is 0 Å². The van der Waals surface area contributed by atoms with Gasteiger partial charge in [0.25, 0.3) is 0 Å². The number of sulfone groups is 1. The van der Waals surface area contributed by atoms with Gasteiger partial charge in [0.05, 0.1) is 23.2 Å². The summed E-state index contributed by atoms with van der Waals surface area (Å²) >= 11 is 0. The molecule has 0 radical (unpaired) electrons. The predicted molar refractivity (Wildman–Crippen MR) is 76.3 cm³/mol. The molecule has 1 saturated heterocycles. The highest BCUT2D eigenvalue weighted by Gasteiger charge is 2.32. The molecule has 0 aromatic heterocycles. The number of para-hydroxylation sites is 1. The Morgan fingerprint density at radius 3 is 2.62 bits per heavy atom. The molecule has 21 heavy (non-hydrogen) atoms. The Morgan fingerprint density at radius 1 is 1.24 bits per heavy atom. The Morgan fingerprint density at radius 2 is 1.95 bits per heavy atom. The van der Waals surface area contributed by atoms with Gasteiger partial charge in [-0.3, -0.25) is 0 Å². The summed E-state index contributed by atoms with van der Waals surface area (Å²) in [7, 11) is -4.66. The molecule has 1 aromatic rings. The number of nitrogens with zero attached hydrogens (tertiary/aromatic N) is 1. The maximum atomic E-state index is 12.8. The van der Waals surface area contributed by atoms with Crippen molar-refractivity contribution in [3.05, 3.63) is 24.3 Å². The Hall–Kier alpha value is -1.21. The molecule has 1 atom stereocenters. The molecule has 0 bridgehead atoms. The van der Waals surface area contributed by atoms with Gasteiger partial charge in [-0.25, -0.2) is 8.42 Å². The van der Waals surface area contributed by atoms with Crippen LogP contribution in [0.5, 0.6) is 0 Å². The smallest absolute Gasteiger partial charge is 0.341 e. The van der Waals surface area contributed by atoms with Crippen molar-refractivity contribution in [2.24, 2.45) is 0 Å². The molecule has 0 spiro atoms. The lowest BCUT2D eigenvalue weighted by Crippen LogP contribution is -2.38. The van der Waals surface area contributed by atoms with Gasteiger partial charge < -0.3 is 10.0 Å². The first-order valence-electron chi connectivity index (χ1n) is 6.97. The van der Waals surface area contributed by atoms with Gasteiger partial charge in [-0.1, -0.05) is 25.0 Å². The van der Waals surface area contributed by atoms with Crippen molar-refractivity contribution in [2.45, 2.75) is 42.4 Å². The number of benzene rings is 1. The Kier molecular flexibility index (Phi) is 5.16. The molecule has 0 aliphatic carbocycles. The SMILES string of the molecule is O=S(=O)(c1ccccc1N1CCCCCC1CO)C(F)F. The van der Waals surface area contributed by atoms with Gasteiger partial charge in [0.2, 0.25) is 9.84 Å².